The highest BCUT2D eigenvalue weighted by Crippen LogP contribution is 2.43. The van der Waals surface area contributed by atoms with E-state index >= 15 is 0 Å². The molecule has 0 bridgehead atoms. The van der Waals surface area contributed by atoms with E-state index in [4.69, 9.17) is 0 Å². The topological polar surface area (TPSA) is 40.5 Å². The molecule has 0 saturated carbocycles. The van der Waals surface area contributed by atoms with Gasteiger partial charge in [0.2, 0.25) is 0 Å². The van der Waals surface area contributed by atoms with E-state index in [9.17, 15) is 10.2 Å². The Morgan fingerprint density at radius 2 is 1.67 bits per heavy atom. The smallest absolute Gasteiger partial charge is 0.158 e. The van der Waals surface area contributed by atoms with Crippen molar-refractivity contribution in [3.05, 3.63) is 47.5 Å². The second-order valence-corrected chi connectivity index (χ2v) is 5.39. The molecule has 0 unspecified atom stereocenters. The van der Waals surface area contributed by atoms with E-state index < -0.39 is 0 Å². The summed E-state index contributed by atoms with van der Waals surface area (Å²) in [6.45, 7) is 2.05. The Balaban J connectivity index is 2.25. The molecule has 1 aliphatic heterocycles. The van der Waals surface area contributed by atoms with E-state index in [1.54, 1.807) is 23.9 Å². The summed E-state index contributed by atoms with van der Waals surface area (Å²) in [5.41, 5.74) is 3.28. The Hall–Kier alpha value is -1.87. The third kappa shape index (κ3) is 1.77. The predicted octanol–water partition coefficient (Wildman–Crippen LogP) is 4.12. The monoisotopic (exact) mass is 256 g/mol. The Labute approximate surface area is 110 Å². The molecule has 3 rings (SSSR count). The van der Waals surface area contributed by atoms with Crippen molar-refractivity contribution in [1.82, 2.24) is 0 Å². The standard InChI is InChI=1S/C15H12O2S/c1-9-6-10-7-12(16)13(17)8-15(10)18-14-5-3-2-4-11(9)14/h2-8,16-17H,1H3. The number of fused-ring (bicyclic) bond motifs is 2. The van der Waals surface area contributed by atoms with Crippen LogP contribution in [0.3, 0.4) is 0 Å². The molecule has 1 aliphatic rings. The molecule has 3 heteroatoms. The molecule has 0 aliphatic carbocycles. The first-order valence-electron chi connectivity index (χ1n) is 5.66. The van der Waals surface area contributed by atoms with Crippen molar-refractivity contribution >= 4 is 23.4 Å². The van der Waals surface area contributed by atoms with Crippen molar-refractivity contribution < 1.29 is 10.2 Å². The number of hydrogen-bond acceptors (Lipinski definition) is 3. The zero-order chi connectivity index (χ0) is 12.7. The first-order valence-corrected chi connectivity index (χ1v) is 6.48. The molecule has 90 valence electrons. The Kier molecular flexibility index (Phi) is 2.56. The molecule has 18 heavy (non-hydrogen) atoms. The van der Waals surface area contributed by atoms with Gasteiger partial charge in [0.1, 0.15) is 0 Å². The number of aromatic hydroxyl groups is 2. The first-order chi connectivity index (χ1) is 8.65. The summed E-state index contributed by atoms with van der Waals surface area (Å²) in [4.78, 5) is 2.12. The number of phenols is 2. The van der Waals surface area contributed by atoms with E-state index in [1.807, 2.05) is 18.2 Å². The number of allylic oxidation sites excluding steroid dienone is 1. The zero-order valence-electron chi connectivity index (χ0n) is 9.84. The SMILES string of the molecule is CC1=Cc2cc(O)c(O)cc2Sc2ccccc21. The van der Waals surface area contributed by atoms with Gasteiger partial charge >= 0.3 is 0 Å². The average molecular weight is 256 g/mol. The van der Waals surface area contributed by atoms with E-state index in [1.165, 1.54) is 5.56 Å². The van der Waals surface area contributed by atoms with Crippen LogP contribution in [0, 0.1) is 0 Å². The predicted molar refractivity (Wildman–Crippen MR) is 73.9 cm³/mol. The Morgan fingerprint density at radius 3 is 2.50 bits per heavy atom. The van der Waals surface area contributed by atoms with Crippen LogP contribution in [0.15, 0.2) is 46.2 Å². The van der Waals surface area contributed by atoms with Gasteiger partial charge in [-0.3, -0.25) is 0 Å². The highest BCUT2D eigenvalue weighted by Gasteiger charge is 2.15. The van der Waals surface area contributed by atoms with E-state index in [2.05, 4.69) is 19.1 Å². The minimum atomic E-state index is -0.0793. The van der Waals surface area contributed by atoms with Gasteiger partial charge in [-0.15, -0.1) is 0 Å². The minimum Gasteiger partial charge on any atom is -0.504 e. The molecule has 0 radical (unpaired) electrons. The fourth-order valence-electron chi connectivity index (χ4n) is 2.09. The highest BCUT2D eigenvalue weighted by atomic mass is 32.2. The van der Waals surface area contributed by atoms with Crippen LogP contribution in [0.4, 0.5) is 0 Å². The molecular weight excluding hydrogens is 244 g/mol. The number of benzene rings is 2. The Bertz CT molecular complexity index is 660. The molecule has 0 fully saturated rings. The van der Waals surface area contributed by atoms with Gasteiger partial charge in [0.25, 0.3) is 0 Å². The molecule has 0 aromatic heterocycles. The fraction of sp³-hybridized carbons (Fsp3) is 0.0667. The lowest BCUT2D eigenvalue weighted by Crippen LogP contribution is -1.81. The summed E-state index contributed by atoms with van der Waals surface area (Å²) >= 11 is 1.61. The van der Waals surface area contributed by atoms with Gasteiger partial charge < -0.3 is 10.2 Å². The molecule has 0 atom stereocenters. The molecule has 0 spiro atoms. The molecule has 0 saturated heterocycles. The normalized spacial score (nSPS) is 13.3. The van der Waals surface area contributed by atoms with Crippen LogP contribution in [0.5, 0.6) is 11.5 Å². The van der Waals surface area contributed by atoms with E-state index in [-0.39, 0.29) is 11.5 Å². The van der Waals surface area contributed by atoms with Gasteiger partial charge in [0.05, 0.1) is 0 Å². The summed E-state index contributed by atoms with van der Waals surface area (Å²) in [5.74, 6) is -0.156. The molecule has 2 aromatic carbocycles. The molecule has 2 nitrogen and oxygen atoms in total. The summed E-state index contributed by atoms with van der Waals surface area (Å²) < 4.78 is 0. The molecule has 2 N–H and O–H groups in total. The van der Waals surface area contributed by atoms with Crippen LogP contribution in [-0.2, 0) is 0 Å². The molecular formula is C15H12O2S. The van der Waals surface area contributed by atoms with Crippen molar-refractivity contribution in [2.75, 3.05) is 0 Å². The summed E-state index contributed by atoms with van der Waals surface area (Å²) in [5, 5.41) is 19.2. The zero-order valence-corrected chi connectivity index (χ0v) is 10.7. The maximum atomic E-state index is 9.60. The van der Waals surface area contributed by atoms with Crippen LogP contribution < -0.4 is 0 Å². The van der Waals surface area contributed by atoms with Gasteiger partial charge in [0.15, 0.2) is 11.5 Å². The quantitative estimate of drug-likeness (QED) is 0.696. The van der Waals surface area contributed by atoms with Crippen molar-refractivity contribution in [2.24, 2.45) is 0 Å². The first kappa shape index (κ1) is 11.2. The molecule has 0 amide bonds. The molecule has 2 aromatic rings. The number of rotatable bonds is 0. The van der Waals surface area contributed by atoms with Gasteiger partial charge in [-0.2, -0.15) is 0 Å². The average Bonchev–Trinajstić information content (AvgIpc) is 2.48. The van der Waals surface area contributed by atoms with Crippen LogP contribution in [-0.4, -0.2) is 10.2 Å². The number of phenolic OH excluding ortho intramolecular Hbond substituents is 2. The van der Waals surface area contributed by atoms with Crippen molar-refractivity contribution in [1.29, 1.82) is 0 Å². The summed E-state index contributed by atoms with van der Waals surface area (Å²) in [6.07, 6.45) is 2.04. The van der Waals surface area contributed by atoms with Crippen LogP contribution in [0.25, 0.3) is 11.6 Å². The van der Waals surface area contributed by atoms with E-state index in [0.29, 0.717) is 0 Å². The third-order valence-corrected chi connectivity index (χ3v) is 4.16. The third-order valence-electron chi connectivity index (χ3n) is 3.01. The Morgan fingerprint density at radius 1 is 0.944 bits per heavy atom. The van der Waals surface area contributed by atoms with Crippen LogP contribution in [0.1, 0.15) is 18.1 Å². The summed E-state index contributed by atoms with van der Waals surface area (Å²) in [7, 11) is 0. The lowest BCUT2D eigenvalue weighted by Gasteiger charge is -2.07. The van der Waals surface area contributed by atoms with Crippen molar-refractivity contribution in [3.63, 3.8) is 0 Å². The lowest BCUT2D eigenvalue weighted by molar-refractivity contribution is 0.402. The van der Waals surface area contributed by atoms with Crippen LogP contribution >= 0.6 is 11.8 Å². The summed E-state index contributed by atoms with van der Waals surface area (Å²) in [6, 6.07) is 11.4. The largest absolute Gasteiger partial charge is 0.504 e. The van der Waals surface area contributed by atoms with Gasteiger partial charge in [0, 0.05) is 9.79 Å². The van der Waals surface area contributed by atoms with Crippen LogP contribution in [0.2, 0.25) is 0 Å². The second kappa shape index (κ2) is 4.10. The minimum absolute atomic E-state index is 0.0771. The van der Waals surface area contributed by atoms with Crippen molar-refractivity contribution in [3.8, 4) is 11.5 Å². The van der Waals surface area contributed by atoms with Gasteiger partial charge in [-0.25, -0.2) is 0 Å². The lowest BCUT2D eigenvalue weighted by atomic mass is 10.0. The number of hydrogen-bond donors (Lipinski definition) is 2. The van der Waals surface area contributed by atoms with Gasteiger partial charge in [-0.05, 0) is 41.8 Å². The maximum absolute atomic E-state index is 9.60. The van der Waals surface area contributed by atoms with E-state index in [0.717, 1.165) is 20.9 Å². The highest BCUT2D eigenvalue weighted by molar-refractivity contribution is 7.99. The van der Waals surface area contributed by atoms with Gasteiger partial charge in [-0.1, -0.05) is 36.0 Å². The second-order valence-electron chi connectivity index (χ2n) is 4.30. The molecule has 1 heterocycles. The fourth-order valence-corrected chi connectivity index (χ4v) is 3.21. The van der Waals surface area contributed by atoms with Crippen molar-refractivity contribution in [2.45, 2.75) is 16.7 Å². The maximum Gasteiger partial charge on any atom is 0.158 e.